The largest absolute Gasteiger partial charge is 0.300 e. The highest BCUT2D eigenvalue weighted by Crippen LogP contribution is 2.30. The molecule has 1 aliphatic carbocycles. The van der Waals surface area contributed by atoms with Crippen LogP contribution in [-0.2, 0) is 4.79 Å². The highest BCUT2D eigenvalue weighted by atomic mass is 32.1. The number of thiol groups is 1. The molecule has 0 aromatic heterocycles. The molecule has 0 N–H and O–H groups in total. The van der Waals surface area contributed by atoms with E-state index < -0.39 is 0 Å². The van der Waals surface area contributed by atoms with Gasteiger partial charge in [0.15, 0.2) is 0 Å². The van der Waals surface area contributed by atoms with Gasteiger partial charge >= 0.3 is 0 Å². The van der Waals surface area contributed by atoms with Gasteiger partial charge in [0.1, 0.15) is 5.78 Å². The summed E-state index contributed by atoms with van der Waals surface area (Å²) < 4.78 is 0.133. The molecule has 9 heavy (non-hydrogen) atoms. The molecule has 0 spiro atoms. The van der Waals surface area contributed by atoms with Crippen LogP contribution >= 0.6 is 12.6 Å². The first kappa shape index (κ1) is 7.13. The van der Waals surface area contributed by atoms with Crippen molar-refractivity contribution in [2.75, 3.05) is 0 Å². The summed E-state index contributed by atoms with van der Waals surface area (Å²) in [4.78, 5) is 10.7. The van der Waals surface area contributed by atoms with Gasteiger partial charge in [-0.1, -0.05) is 6.92 Å². The van der Waals surface area contributed by atoms with Gasteiger partial charge in [0.05, 0.1) is 0 Å². The van der Waals surface area contributed by atoms with Gasteiger partial charge in [-0.05, 0) is 12.8 Å². The first-order valence-corrected chi connectivity index (χ1v) is 3.79. The first-order chi connectivity index (χ1) is 4.10. The second kappa shape index (κ2) is 2.33. The van der Waals surface area contributed by atoms with E-state index in [1.807, 2.05) is 0 Å². The van der Waals surface area contributed by atoms with Gasteiger partial charge < -0.3 is 0 Å². The van der Waals surface area contributed by atoms with Gasteiger partial charge in [0, 0.05) is 17.6 Å². The topological polar surface area (TPSA) is 17.1 Å². The molecule has 0 aromatic carbocycles. The summed E-state index contributed by atoms with van der Waals surface area (Å²) in [5, 5.41) is 0. The van der Waals surface area contributed by atoms with Crippen molar-refractivity contribution >= 4 is 18.4 Å². The molecule has 0 heterocycles. The monoisotopic (exact) mass is 144 g/mol. The minimum atomic E-state index is 0.133. The van der Waals surface area contributed by atoms with E-state index in [4.69, 9.17) is 0 Å². The summed E-state index contributed by atoms with van der Waals surface area (Å²) >= 11 is 4.41. The van der Waals surface area contributed by atoms with E-state index in [0.29, 0.717) is 5.78 Å². The van der Waals surface area contributed by atoms with Crippen LogP contribution < -0.4 is 0 Å². The Morgan fingerprint density at radius 1 is 1.44 bits per heavy atom. The Labute approximate surface area is 61.2 Å². The zero-order chi connectivity index (χ0) is 6.91. The predicted octanol–water partition coefficient (Wildman–Crippen LogP) is 1.82. The molecule has 0 atom stereocenters. The maximum Gasteiger partial charge on any atom is 0.133 e. The number of Topliss-reactive ketones (excluding diaryl/α,β-unsaturated/α-hetero) is 1. The Morgan fingerprint density at radius 2 is 1.89 bits per heavy atom. The molecule has 0 saturated heterocycles. The molecule has 1 rings (SSSR count). The van der Waals surface area contributed by atoms with Gasteiger partial charge in [-0.2, -0.15) is 12.6 Å². The van der Waals surface area contributed by atoms with Gasteiger partial charge in [0.25, 0.3) is 0 Å². The van der Waals surface area contributed by atoms with Crippen molar-refractivity contribution in [1.29, 1.82) is 0 Å². The second-order valence-electron chi connectivity index (χ2n) is 3.04. The Bertz CT molecular complexity index is 117. The molecule has 1 fully saturated rings. The molecule has 2 heteroatoms. The Hall–Kier alpha value is 0.0200. The Morgan fingerprint density at radius 3 is 2.22 bits per heavy atom. The summed E-state index contributed by atoms with van der Waals surface area (Å²) in [7, 11) is 0. The van der Waals surface area contributed by atoms with Crippen LogP contribution in [0.25, 0.3) is 0 Å². The average molecular weight is 144 g/mol. The van der Waals surface area contributed by atoms with Crippen molar-refractivity contribution in [1.82, 2.24) is 0 Å². The third kappa shape index (κ3) is 2.01. The van der Waals surface area contributed by atoms with Crippen LogP contribution in [-0.4, -0.2) is 10.5 Å². The van der Waals surface area contributed by atoms with Crippen LogP contribution in [0.1, 0.15) is 32.6 Å². The second-order valence-corrected chi connectivity index (χ2v) is 4.12. The molecular weight excluding hydrogens is 132 g/mol. The van der Waals surface area contributed by atoms with Crippen LogP contribution in [0.2, 0.25) is 0 Å². The summed E-state index contributed by atoms with van der Waals surface area (Å²) in [6, 6.07) is 0. The molecule has 1 aliphatic rings. The van der Waals surface area contributed by atoms with Crippen molar-refractivity contribution < 1.29 is 4.79 Å². The van der Waals surface area contributed by atoms with Crippen LogP contribution in [0.3, 0.4) is 0 Å². The third-order valence-electron chi connectivity index (χ3n) is 1.88. The van der Waals surface area contributed by atoms with Crippen molar-refractivity contribution in [3.05, 3.63) is 0 Å². The summed E-state index contributed by atoms with van der Waals surface area (Å²) in [6.45, 7) is 2.10. The van der Waals surface area contributed by atoms with E-state index in [0.717, 1.165) is 25.7 Å². The van der Waals surface area contributed by atoms with Crippen molar-refractivity contribution in [2.24, 2.45) is 0 Å². The molecule has 0 aromatic rings. The van der Waals surface area contributed by atoms with Crippen LogP contribution in [0, 0.1) is 0 Å². The number of rotatable bonds is 0. The minimum absolute atomic E-state index is 0.133. The maximum atomic E-state index is 10.7. The number of hydrogen-bond donors (Lipinski definition) is 1. The Balaban J connectivity index is 2.44. The molecule has 52 valence electrons. The average Bonchev–Trinajstić information content (AvgIpc) is 1.78. The van der Waals surface area contributed by atoms with E-state index in [2.05, 4.69) is 19.6 Å². The smallest absolute Gasteiger partial charge is 0.133 e. The number of ketones is 1. The molecule has 1 nitrogen and oxygen atoms in total. The molecule has 0 radical (unpaired) electrons. The summed E-state index contributed by atoms with van der Waals surface area (Å²) in [6.07, 6.45) is 3.38. The number of carbonyl (C=O) groups is 1. The zero-order valence-electron chi connectivity index (χ0n) is 5.68. The lowest BCUT2D eigenvalue weighted by Crippen LogP contribution is -2.24. The van der Waals surface area contributed by atoms with E-state index in [9.17, 15) is 4.79 Å². The van der Waals surface area contributed by atoms with Crippen molar-refractivity contribution in [3.63, 3.8) is 0 Å². The highest BCUT2D eigenvalue weighted by molar-refractivity contribution is 7.81. The molecular formula is C7H12OS. The van der Waals surface area contributed by atoms with E-state index >= 15 is 0 Å². The molecule has 0 amide bonds. The summed E-state index contributed by atoms with van der Waals surface area (Å²) in [5.74, 6) is 0.404. The number of carbonyl (C=O) groups excluding carboxylic acids is 1. The minimum Gasteiger partial charge on any atom is -0.300 e. The fourth-order valence-electron chi connectivity index (χ4n) is 1.07. The lowest BCUT2D eigenvalue weighted by molar-refractivity contribution is -0.120. The van der Waals surface area contributed by atoms with Crippen LogP contribution in [0.5, 0.6) is 0 Å². The van der Waals surface area contributed by atoms with Crippen molar-refractivity contribution in [3.8, 4) is 0 Å². The molecule has 1 saturated carbocycles. The highest BCUT2D eigenvalue weighted by Gasteiger charge is 2.25. The lowest BCUT2D eigenvalue weighted by atomic mass is 9.89. The van der Waals surface area contributed by atoms with Crippen LogP contribution in [0.15, 0.2) is 0 Å². The molecule has 0 aliphatic heterocycles. The predicted molar refractivity (Wildman–Crippen MR) is 40.9 cm³/mol. The van der Waals surface area contributed by atoms with E-state index in [1.54, 1.807) is 0 Å². The molecule has 0 unspecified atom stereocenters. The standard InChI is InChI=1S/C7H12OS/c1-7(9)4-2-6(8)3-5-7/h9H,2-5H2,1H3. The normalized spacial score (nSPS) is 26.2. The van der Waals surface area contributed by atoms with Crippen molar-refractivity contribution in [2.45, 2.75) is 37.4 Å². The Kier molecular flexibility index (Phi) is 1.85. The SMILES string of the molecule is CC1(S)CCC(=O)CC1. The fraction of sp³-hybridized carbons (Fsp3) is 0.857. The fourth-order valence-corrected chi connectivity index (χ4v) is 1.29. The zero-order valence-corrected chi connectivity index (χ0v) is 6.58. The number of hydrogen-bond acceptors (Lipinski definition) is 2. The van der Waals surface area contributed by atoms with Gasteiger partial charge in [-0.3, -0.25) is 4.79 Å². The van der Waals surface area contributed by atoms with Gasteiger partial charge in [0.2, 0.25) is 0 Å². The molecule has 0 bridgehead atoms. The van der Waals surface area contributed by atoms with Gasteiger partial charge in [-0.15, -0.1) is 0 Å². The lowest BCUT2D eigenvalue weighted by Gasteiger charge is -2.26. The summed E-state index contributed by atoms with van der Waals surface area (Å²) in [5.41, 5.74) is 0. The van der Waals surface area contributed by atoms with Gasteiger partial charge in [-0.25, -0.2) is 0 Å². The maximum absolute atomic E-state index is 10.7. The third-order valence-corrected chi connectivity index (χ3v) is 2.33. The van der Waals surface area contributed by atoms with Crippen LogP contribution in [0.4, 0.5) is 0 Å². The first-order valence-electron chi connectivity index (χ1n) is 3.34. The van der Waals surface area contributed by atoms with E-state index in [1.165, 1.54) is 0 Å². The van der Waals surface area contributed by atoms with E-state index in [-0.39, 0.29) is 4.75 Å². The quantitative estimate of drug-likeness (QED) is 0.513.